The van der Waals surface area contributed by atoms with Crippen molar-refractivity contribution in [1.29, 1.82) is 0 Å². The second-order valence-electron chi connectivity index (χ2n) is 6.51. The molecule has 0 amide bonds. The molecule has 1 saturated carbocycles. The van der Waals surface area contributed by atoms with E-state index < -0.39 is 5.60 Å². The second kappa shape index (κ2) is 4.24. The summed E-state index contributed by atoms with van der Waals surface area (Å²) < 4.78 is 0. The number of hydrogen-bond donors (Lipinski definition) is 1. The van der Waals surface area contributed by atoms with Crippen LogP contribution in [0.2, 0.25) is 0 Å². The fourth-order valence-corrected chi connectivity index (χ4v) is 3.81. The van der Waals surface area contributed by atoms with Gasteiger partial charge in [-0.2, -0.15) is 0 Å². The quantitative estimate of drug-likeness (QED) is 0.748. The summed E-state index contributed by atoms with van der Waals surface area (Å²) in [5.74, 6) is 0.895. The maximum atomic E-state index is 11.3. The van der Waals surface area contributed by atoms with E-state index in [0.29, 0.717) is 11.8 Å². The molecule has 0 aromatic carbocycles. The first-order chi connectivity index (χ1) is 7.90. The number of carbonyl (C=O) groups excluding carboxylic acids is 1. The van der Waals surface area contributed by atoms with Crippen LogP contribution in [0.5, 0.6) is 0 Å². The Hall–Kier alpha value is -0.630. The zero-order valence-electron chi connectivity index (χ0n) is 11.2. The van der Waals surface area contributed by atoms with Crippen molar-refractivity contribution < 1.29 is 9.90 Å². The highest BCUT2D eigenvalue weighted by Gasteiger charge is 2.49. The Morgan fingerprint density at radius 3 is 2.71 bits per heavy atom. The third kappa shape index (κ3) is 2.08. The average molecular weight is 236 g/mol. The molecule has 2 heteroatoms. The van der Waals surface area contributed by atoms with Crippen molar-refractivity contribution in [3.8, 4) is 0 Å². The molecule has 17 heavy (non-hydrogen) atoms. The third-order valence-corrected chi connectivity index (χ3v) is 5.16. The van der Waals surface area contributed by atoms with Crippen molar-refractivity contribution in [2.24, 2.45) is 17.3 Å². The summed E-state index contributed by atoms with van der Waals surface area (Å²) in [5, 5.41) is 10.2. The van der Waals surface area contributed by atoms with Crippen LogP contribution in [0.4, 0.5) is 0 Å². The standard InChI is InChI=1S/C15H24O2/c1-11-5-4-6-13(10-16)15(11)8-7-12(9-15)14(2,3)17/h6,10-12,17H,4-5,7-9H2,1-3H3/t11-,12-,15+/m1/s1. The zero-order valence-corrected chi connectivity index (χ0v) is 11.2. The van der Waals surface area contributed by atoms with Crippen LogP contribution in [-0.2, 0) is 4.79 Å². The number of allylic oxidation sites excluding steroid dienone is 2. The van der Waals surface area contributed by atoms with Gasteiger partial charge in [0, 0.05) is 5.41 Å². The lowest BCUT2D eigenvalue weighted by Crippen LogP contribution is -2.35. The molecule has 1 fully saturated rings. The predicted molar refractivity (Wildman–Crippen MR) is 68.6 cm³/mol. The van der Waals surface area contributed by atoms with E-state index in [4.69, 9.17) is 0 Å². The van der Waals surface area contributed by atoms with Gasteiger partial charge in [-0.3, -0.25) is 4.79 Å². The monoisotopic (exact) mass is 236 g/mol. The Labute approximate surface area is 104 Å². The van der Waals surface area contributed by atoms with E-state index in [-0.39, 0.29) is 5.41 Å². The molecular formula is C15H24O2. The van der Waals surface area contributed by atoms with Crippen LogP contribution >= 0.6 is 0 Å². The fraction of sp³-hybridized carbons (Fsp3) is 0.800. The van der Waals surface area contributed by atoms with Crippen LogP contribution in [0.1, 0.15) is 52.9 Å². The van der Waals surface area contributed by atoms with Gasteiger partial charge in [0.25, 0.3) is 0 Å². The van der Waals surface area contributed by atoms with E-state index in [1.54, 1.807) is 0 Å². The highest BCUT2D eigenvalue weighted by Crippen LogP contribution is 2.56. The molecule has 0 aromatic heterocycles. The minimum atomic E-state index is -0.616. The van der Waals surface area contributed by atoms with Gasteiger partial charge in [-0.1, -0.05) is 13.0 Å². The first-order valence-corrected chi connectivity index (χ1v) is 6.78. The van der Waals surface area contributed by atoms with Crippen LogP contribution < -0.4 is 0 Å². The van der Waals surface area contributed by atoms with E-state index in [1.807, 2.05) is 13.8 Å². The first-order valence-electron chi connectivity index (χ1n) is 6.78. The number of aldehydes is 1. The molecule has 2 nitrogen and oxygen atoms in total. The van der Waals surface area contributed by atoms with Gasteiger partial charge in [0.15, 0.2) is 0 Å². The summed E-state index contributed by atoms with van der Waals surface area (Å²) in [5.41, 5.74) is 0.447. The Kier molecular flexibility index (Phi) is 3.19. The van der Waals surface area contributed by atoms with Crippen molar-refractivity contribution in [2.75, 3.05) is 0 Å². The normalized spacial score (nSPS) is 38.2. The first kappa shape index (κ1) is 12.8. The minimum Gasteiger partial charge on any atom is -0.390 e. The maximum Gasteiger partial charge on any atom is 0.146 e. The molecule has 96 valence electrons. The van der Waals surface area contributed by atoms with E-state index in [0.717, 1.165) is 37.5 Å². The molecule has 0 heterocycles. The molecule has 2 rings (SSSR count). The van der Waals surface area contributed by atoms with Crippen LogP contribution in [0.3, 0.4) is 0 Å². The molecule has 1 spiro atoms. The summed E-state index contributed by atoms with van der Waals surface area (Å²) in [6.45, 7) is 6.06. The van der Waals surface area contributed by atoms with Crippen molar-refractivity contribution in [1.82, 2.24) is 0 Å². The Bertz CT molecular complexity index is 337. The van der Waals surface area contributed by atoms with Crippen molar-refractivity contribution >= 4 is 6.29 Å². The van der Waals surface area contributed by atoms with Gasteiger partial charge in [0.05, 0.1) is 5.60 Å². The van der Waals surface area contributed by atoms with Crippen LogP contribution in [-0.4, -0.2) is 17.0 Å². The van der Waals surface area contributed by atoms with Crippen LogP contribution in [0, 0.1) is 17.3 Å². The highest BCUT2D eigenvalue weighted by atomic mass is 16.3. The molecule has 1 N–H and O–H groups in total. The van der Waals surface area contributed by atoms with Crippen LogP contribution in [0.25, 0.3) is 0 Å². The minimum absolute atomic E-state index is 0.0602. The molecule has 0 aliphatic heterocycles. The van der Waals surface area contributed by atoms with E-state index in [1.165, 1.54) is 6.42 Å². The van der Waals surface area contributed by atoms with E-state index >= 15 is 0 Å². The van der Waals surface area contributed by atoms with Gasteiger partial charge in [0.1, 0.15) is 6.29 Å². The van der Waals surface area contributed by atoms with Gasteiger partial charge in [0.2, 0.25) is 0 Å². The number of hydrogen-bond acceptors (Lipinski definition) is 2. The van der Waals surface area contributed by atoms with Crippen molar-refractivity contribution in [2.45, 2.75) is 58.5 Å². The SMILES string of the molecule is C[C@@H]1CCC=C(C=O)[C@]12CC[C@@H](C(C)(C)O)C2. The van der Waals surface area contributed by atoms with E-state index in [2.05, 4.69) is 13.0 Å². The lowest BCUT2D eigenvalue weighted by molar-refractivity contribution is -0.106. The molecule has 0 saturated heterocycles. The average Bonchev–Trinajstić information content (AvgIpc) is 2.68. The Balaban J connectivity index is 2.27. The molecular weight excluding hydrogens is 212 g/mol. The molecule has 0 radical (unpaired) electrons. The van der Waals surface area contributed by atoms with Crippen LogP contribution in [0.15, 0.2) is 11.6 Å². The lowest BCUT2D eigenvalue weighted by Gasteiger charge is -2.40. The smallest absolute Gasteiger partial charge is 0.146 e. The molecule has 3 atom stereocenters. The van der Waals surface area contributed by atoms with E-state index in [9.17, 15) is 9.90 Å². The lowest BCUT2D eigenvalue weighted by atomic mass is 9.64. The largest absolute Gasteiger partial charge is 0.390 e. The summed E-state index contributed by atoms with van der Waals surface area (Å²) in [6, 6.07) is 0. The van der Waals surface area contributed by atoms with Gasteiger partial charge in [-0.05, 0) is 63.4 Å². The van der Waals surface area contributed by atoms with Gasteiger partial charge < -0.3 is 5.11 Å². The molecule has 2 aliphatic carbocycles. The van der Waals surface area contributed by atoms with Gasteiger partial charge >= 0.3 is 0 Å². The maximum absolute atomic E-state index is 11.3. The number of carbonyl (C=O) groups is 1. The summed E-state index contributed by atoms with van der Waals surface area (Å²) in [6.07, 6.45) is 8.47. The molecule has 0 aromatic rings. The van der Waals surface area contributed by atoms with Crippen molar-refractivity contribution in [3.63, 3.8) is 0 Å². The number of aliphatic hydroxyl groups is 1. The second-order valence-corrected chi connectivity index (χ2v) is 6.51. The number of rotatable bonds is 2. The fourth-order valence-electron chi connectivity index (χ4n) is 3.81. The van der Waals surface area contributed by atoms with Gasteiger partial charge in [-0.15, -0.1) is 0 Å². The summed E-state index contributed by atoms with van der Waals surface area (Å²) in [4.78, 5) is 11.3. The summed E-state index contributed by atoms with van der Waals surface area (Å²) >= 11 is 0. The van der Waals surface area contributed by atoms with Gasteiger partial charge in [-0.25, -0.2) is 0 Å². The zero-order chi connectivity index (χ0) is 12.7. The Morgan fingerprint density at radius 2 is 2.18 bits per heavy atom. The molecule has 0 unspecified atom stereocenters. The third-order valence-electron chi connectivity index (χ3n) is 5.16. The van der Waals surface area contributed by atoms with Crippen molar-refractivity contribution in [3.05, 3.63) is 11.6 Å². The predicted octanol–water partition coefficient (Wildman–Crippen LogP) is 3.10. The Morgan fingerprint density at radius 1 is 1.47 bits per heavy atom. The summed E-state index contributed by atoms with van der Waals surface area (Å²) in [7, 11) is 0. The highest BCUT2D eigenvalue weighted by molar-refractivity contribution is 5.76. The molecule has 0 bridgehead atoms. The topological polar surface area (TPSA) is 37.3 Å². The molecule has 2 aliphatic rings.